The molecule has 2 aliphatic carbocycles. The maximum absolute atomic E-state index is 2.48. The van der Waals surface area contributed by atoms with Gasteiger partial charge < -0.3 is 0 Å². The summed E-state index contributed by atoms with van der Waals surface area (Å²) in [6, 6.07) is 0. The van der Waals surface area contributed by atoms with Gasteiger partial charge in [0.05, 0.1) is 0 Å². The van der Waals surface area contributed by atoms with Crippen molar-refractivity contribution in [2.75, 3.05) is 0 Å². The fourth-order valence-electron chi connectivity index (χ4n) is 4.42. The van der Waals surface area contributed by atoms with Crippen LogP contribution in [0, 0.1) is 23.7 Å². The van der Waals surface area contributed by atoms with E-state index in [2.05, 4.69) is 13.8 Å². The van der Waals surface area contributed by atoms with Crippen molar-refractivity contribution in [2.45, 2.75) is 84.5 Å². The lowest BCUT2D eigenvalue weighted by Gasteiger charge is -2.38. The molecule has 0 heterocycles. The van der Waals surface area contributed by atoms with Crippen LogP contribution < -0.4 is 0 Å². The molecule has 0 heteroatoms. The van der Waals surface area contributed by atoms with Crippen LogP contribution in [0.2, 0.25) is 0 Å². The third-order valence-electron chi connectivity index (χ3n) is 5.43. The minimum atomic E-state index is 1.02. The van der Waals surface area contributed by atoms with E-state index >= 15 is 0 Å². The minimum absolute atomic E-state index is 1.02. The maximum Gasteiger partial charge on any atom is -0.0383 e. The summed E-state index contributed by atoms with van der Waals surface area (Å²) in [6.45, 7) is 4.81. The quantitative estimate of drug-likeness (QED) is 0.578. The summed E-state index contributed by atoms with van der Waals surface area (Å²) in [6.07, 6.45) is 16.7. The molecule has 0 N–H and O–H groups in total. The van der Waals surface area contributed by atoms with Crippen molar-refractivity contribution in [3.8, 4) is 0 Å². The summed E-state index contributed by atoms with van der Waals surface area (Å²) >= 11 is 0. The van der Waals surface area contributed by atoms with Crippen LogP contribution in [0.5, 0.6) is 0 Å². The largest absolute Gasteiger partial charge is 0.0654 e. The molecule has 17 heavy (non-hydrogen) atoms. The molecule has 2 aliphatic rings. The van der Waals surface area contributed by atoms with E-state index in [4.69, 9.17) is 0 Å². The van der Waals surface area contributed by atoms with E-state index in [9.17, 15) is 0 Å². The van der Waals surface area contributed by atoms with Crippen molar-refractivity contribution in [3.05, 3.63) is 0 Å². The molecular formula is C17H32. The van der Waals surface area contributed by atoms with Crippen LogP contribution in [0.3, 0.4) is 0 Å². The zero-order chi connectivity index (χ0) is 12.1. The van der Waals surface area contributed by atoms with E-state index in [1.165, 1.54) is 38.5 Å². The highest BCUT2D eigenvalue weighted by atomic mass is 14.4. The average molecular weight is 236 g/mol. The predicted octanol–water partition coefficient (Wildman–Crippen LogP) is 5.81. The van der Waals surface area contributed by atoms with Crippen LogP contribution in [-0.2, 0) is 0 Å². The molecule has 0 amide bonds. The van der Waals surface area contributed by atoms with Crippen LogP contribution in [0.1, 0.15) is 84.5 Å². The van der Waals surface area contributed by atoms with Gasteiger partial charge in [-0.2, -0.15) is 0 Å². The molecule has 0 saturated heterocycles. The van der Waals surface area contributed by atoms with Gasteiger partial charge in [-0.1, -0.05) is 71.6 Å². The van der Waals surface area contributed by atoms with Gasteiger partial charge in [-0.05, 0) is 36.5 Å². The summed E-state index contributed by atoms with van der Waals surface area (Å²) < 4.78 is 0. The van der Waals surface area contributed by atoms with Crippen molar-refractivity contribution in [3.63, 3.8) is 0 Å². The monoisotopic (exact) mass is 236 g/mol. The van der Waals surface area contributed by atoms with E-state index in [1.54, 1.807) is 32.1 Å². The molecule has 0 aliphatic heterocycles. The first-order valence-electron chi connectivity index (χ1n) is 8.29. The summed E-state index contributed by atoms with van der Waals surface area (Å²) in [5, 5.41) is 0. The minimum Gasteiger partial charge on any atom is -0.0654 e. The first kappa shape index (κ1) is 13.4. The summed E-state index contributed by atoms with van der Waals surface area (Å²) in [4.78, 5) is 0. The Morgan fingerprint density at radius 3 is 2.29 bits per heavy atom. The van der Waals surface area contributed by atoms with Gasteiger partial charge in [-0.15, -0.1) is 0 Å². The Morgan fingerprint density at radius 1 is 0.882 bits per heavy atom. The van der Waals surface area contributed by atoms with Gasteiger partial charge in [0.15, 0.2) is 0 Å². The van der Waals surface area contributed by atoms with Gasteiger partial charge in [0, 0.05) is 0 Å². The van der Waals surface area contributed by atoms with Crippen molar-refractivity contribution in [1.29, 1.82) is 0 Å². The van der Waals surface area contributed by atoms with Crippen LogP contribution in [-0.4, -0.2) is 0 Å². The standard InChI is InChI=1S/C17H32/c1-3-4-8-15-9-6-11-17(13-15)16-10-5-7-14(2)12-16/h14-17H,3-13H2,1-2H3. The molecule has 100 valence electrons. The molecule has 0 bridgehead atoms. The summed E-state index contributed by atoms with van der Waals surface area (Å²) in [7, 11) is 0. The van der Waals surface area contributed by atoms with Gasteiger partial charge >= 0.3 is 0 Å². The van der Waals surface area contributed by atoms with Crippen LogP contribution in [0.25, 0.3) is 0 Å². The highest BCUT2D eigenvalue weighted by Crippen LogP contribution is 2.42. The van der Waals surface area contributed by atoms with Crippen molar-refractivity contribution in [1.82, 2.24) is 0 Å². The van der Waals surface area contributed by atoms with Crippen molar-refractivity contribution >= 4 is 0 Å². The number of unbranched alkanes of at least 4 members (excludes halogenated alkanes) is 1. The fraction of sp³-hybridized carbons (Fsp3) is 1.00. The second-order valence-corrected chi connectivity index (χ2v) is 6.97. The lowest BCUT2D eigenvalue weighted by atomic mass is 9.68. The van der Waals surface area contributed by atoms with Crippen molar-refractivity contribution in [2.24, 2.45) is 23.7 Å². The third-order valence-corrected chi connectivity index (χ3v) is 5.43. The predicted molar refractivity (Wildman–Crippen MR) is 76.1 cm³/mol. The zero-order valence-corrected chi connectivity index (χ0v) is 12.1. The van der Waals surface area contributed by atoms with E-state index in [1.807, 2.05) is 0 Å². The molecule has 0 spiro atoms. The molecule has 2 saturated carbocycles. The molecule has 4 unspecified atom stereocenters. The third kappa shape index (κ3) is 4.00. The summed E-state index contributed by atoms with van der Waals surface area (Å²) in [5.41, 5.74) is 0. The fourth-order valence-corrected chi connectivity index (χ4v) is 4.42. The number of rotatable bonds is 4. The van der Waals surface area contributed by atoms with Gasteiger partial charge in [0.1, 0.15) is 0 Å². The number of hydrogen-bond donors (Lipinski definition) is 0. The topological polar surface area (TPSA) is 0 Å². The molecular weight excluding hydrogens is 204 g/mol. The van der Waals surface area contributed by atoms with Gasteiger partial charge in [-0.3, -0.25) is 0 Å². The summed E-state index contributed by atoms with van der Waals surface area (Å²) in [5.74, 6) is 4.31. The Morgan fingerprint density at radius 2 is 1.59 bits per heavy atom. The number of hydrogen-bond acceptors (Lipinski definition) is 0. The first-order chi connectivity index (χ1) is 8.29. The molecule has 2 fully saturated rings. The smallest absolute Gasteiger partial charge is 0.0383 e. The SMILES string of the molecule is CCCCC1CCCC(C2CCCC(C)C2)C1. The van der Waals surface area contributed by atoms with E-state index in [0.29, 0.717) is 0 Å². The molecule has 0 nitrogen and oxygen atoms in total. The second kappa shape index (κ2) is 6.81. The van der Waals surface area contributed by atoms with Gasteiger partial charge in [0.25, 0.3) is 0 Å². The van der Waals surface area contributed by atoms with E-state index < -0.39 is 0 Å². The molecule has 0 aromatic heterocycles. The first-order valence-corrected chi connectivity index (χ1v) is 8.29. The normalized spacial score (nSPS) is 39.2. The maximum atomic E-state index is 2.48. The van der Waals surface area contributed by atoms with Crippen LogP contribution >= 0.6 is 0 Å². The Balaban J connectivity index is 1.79. The lowest BCUT2D eigenvalue weighted by molar-refractivity contribution is 0.134. The Bertz CT molecular complexity index is 208. The van der Waals surface area contributed by atoms with E-state index in [0.717, 1.165) is 23.7 Å². The Hall–Kier alpha value is 0. The molecule has 0 aromatic rings. The van der Waals surface area contributed by atoms with Crippen LogP contribution in [0.15, 0.2) is 0 Å². The van der Waals surface area contributed by atoms with Crippen LogP contribution in [0.4, 0.5) is 0 Å². The zero-order valence-electron chi connectivity index (χ0n) is 12.1. The van der Waals surface area contributed by atoms with Gasteiger partial charge in [-0.25, -0.2) is 0 Å². The Labute approximate surface area is 109 Å². The molecule has 4 atom stereocenters. The second-order valence-electron chi connectivity index (χ2n) is 6.97. The highest BCUT2D eigenvalue weighted by Gasteiger charge is 2.30. The Kier molecular flexibility index (Phi) is 5.38. The molecule has 2 rings (SSSR count). The lowest BCUT2D eigenvalue weighted by Crippen LogP contribution is -2.26. The van der Waals surface area contributed by atoms with E-state index in [-0.39, 0.29) is 0 Å². The highest BCUT2D eigenvalue weighted by molar-refractivity contribution is 4.82. The van der Waals surface area contributed by atoms with Crippen molar-refractivity contribution < 1.29 is 0 Å². The van der Waals surface area contributed by atoms with Gasteiger partial charge in [0.2, 0.25) is 0 Å². The average Bonchev–Trinajstić information content (AvgIpc) is 2.37. The molecule has 0 radical (unpaired) electrons. The molecule has 0 aromatic carbocycles.